The zero-order chi connectivity index (χ0) is 24.3. The molecule has 2 heterocycles. The first-order valence-electron chi connectivity index (χ1n) is 11.1. The zero-order valence-electron chi connectivity index (χ0n) is 18.7. The van der Waals surface area contributed by atoms with Crippen LogP contribution in [0.1, 0.15) is 35.2 Å². The fraction of sp³-hybridized carbons (Fsp3) is 0.375. The molecular formula is C24H27F2N3O4S. The Morgan fingerprint density at radius 1 is 1.18 bits per heavy atom. The van der Waals surface area contributed by atoms with E-state index in [9.17, 15) is 22.3 Å². The third-order valence-electron chi connectivity index (χ3n) is 5.95. The molecule has 182 valence electrons. The van der Waals surface area contributed by atoms with Crippen molar-refractivity contribution >= 4 is 15.9 Å². The Bertz CT molecular complexity index is 1210. The number of benzene rings is 2. The Labute approximate surface area is 197 Å². The molecule has 1 aromatic heterocycles. The van der Waals surface area contributed by atoms with Crippen LogP contribution in [0, 0.1) is 11.6 Å². The molecule has 0 amide bonds. The number of oxazole rings is 1. The van der Waals surface area contributed by atoms with Crippen molar-refractivity contribution in [1.82, 2.24) is 10.3 Å². The van der Waals surface area contributed by atoms with E-state index in [1.807, 2.05) is 25.1 Å². The first-order valence-corrected chi connectivity index (χ1v) is 12.9. The van der Waals surface area contributed by atoms with Crippen LogP contribution in [0.15, 0.2) is 53.3 Å². The topological polar surface area (TPSA) is 104 Å². The fourth-order valence-electron chi connectivity index (χ4n) is 4.25. The Morgan fingerprint density at radius 2 is 1.94 bits per heavy atom. The van der Waals surface area contributed by atoms with E-state index in [1.165, 1.54) is 24.6 Å². The minimum absolute atomic E-state index is 0.00740. The predicted molar refractivity (Wildman–Crippen MR) is 124 cm³/mol. The third kappa shape index (κ3) is 5.99. The fourth-order valence-corrected chi connectivity index (χ4v) is 5.91. The number of aromatic nitrogens is 1. The van der Waals surface area contributed by atoms with Gasteiger partial charge in [0.2, 0.25) is 0 Å². The summed E-state index contributed by atoms with van der Waals surface area (Å²) in [4.78, 5) is 4.00. The van der Waals surface area contributed by atoms with Gasteiger partial charge in [0.25, 0.3) is 6.01 Å². The van der Waals surface area contributed by atoms with E-state index >= 15 is 0 Å². The average Bonchev–Trinajstić information content (AvgIpc) is 3.28. The zero-order valence-corrected chi connectivity index (χ0v) is 19.5. The number of anilines is 1. The summed E-state index contributed by atoms with van der Waals surface area (Å²) >= 11 is 0. The number of hydrogen-bond donors (Lipinski definition) is 3. The maximum absolute atomic E-state index is 13.7. The van der Waals surface area contributed by atoms with Gasteiger partial charge in [-0.25, -0.2) is 22.2 Å². The van der Waals surface area contributed by atoms with Crippen LogP contribution in [-0.2, 0) is 28.4 Å². The molecule has 3 atom stereocenters. The Hall–Kier alpha value is -2.82. The highest BCUT2D eigenvalue weighted by Gasteiger charge is 2.31. The molecule has 3 aromatic rings. The van der Waals surface area contributed by atoms with E-state index in [0.717, 1.165) is 29.2 Å². The lowest BCUT2D eigenvalue weighted by atomic mass is 9.97. The monoisotopic (exact) mass is 491 g/mol. The van der Waals surface area contributed by atoms with Gasteiger partial charge in [0.15, 0.2) is 9.84 Å². The number of fused-ring (bicyclic) bond motifs is 1. The summed E-state index contributed by atoms with van der Waals surface area (Å²) in [7, 11) is -3.30. The predicted octanol–water partition coefficient (Wildman–Crippen LogP) is 3.16. The number of halogens is 2. The Balaban J connectivity index is 1.52. The van der Waals surface area contributed by atoms with E-state index in [4.69, 9.17) is 4.42 Å². The van der Waals surface area contributed by atoms with Crippen molar-refractivity contribution in [2.45, 2.75) is 43.7 Å². The van der Waals surface area contributed by atoms with Crippen LogP contribution in [0.2, 0.25) is 0 Å². The lowest BCUT2D eigenvalue weighted by molar-refractivity contribution is 0.144. The van der Waals surface area contributed by atoms with Gasteiger partial charge < -0.3 is 20.2 Å². The molecule has 0 radical (unpaired) electrons. The highest BCUT2D eigenvalue weighted by molar-refractivity contribution is 7.90. The van der Waals surface area contributed by atoms with E-state index in [-0.39, 0.29) is 30.5 Å². The number of nitrogens with zero attached hydrogens (tertiary/aromatic N) is 1. The van der Waals surface area contributed by atoms with Crippen LogP contribution in [0.4, 0.5) is 14.8 Å². The maximum Gasteiger partial charge on any atom is 0.294 e. The highest BCUT2D eigenvalue weighted by Crippen LogP contribution is 2.29. The Kier molecular flexibility index (Phi) is 7.30. The minimum Gasteiger partial charge on any atom is -0.432 e. The first kappa shape index (κ1) is 24.3. The van der Waals surface area contributed by atoms with Gasteiger partial charge in [-0.3, -0.25) is 0 Å². The molecule has 3 N–H and O–H groups in total. The number of hydrogen-bond acceptors (Lipinski definition) is 7. The molecule has 0 saturated carbocycles. The lowest BCUT2D eigenvalue weighted by Crippen LogP contribution is -2.45. The molecule has 7 nitrogen and oxygen atoms in total. The largest absolute Gasteiger partial charge is 0.432 e. The van der Waals surface area contributed by atoms with E-state index in [2.05, 4.69) is 15.6 Å². The smallest absolute Gasteiger partial charge is 0.294 e. The Morgan fingerprint density at radius 3 is 2.62 bits per heavy atom. The number of rotatable bonds is 9. The van der Waals surface area contributed by atoms with Crippen molar-refractivity contribution in [2.75, 3.05) is 17.6 Å². The normalized spacial score (nSPS) is 18.8. The number of aliphatic hydroxyl groups excluding tert-OH is 1. The summed E-state index contributed by atoms with van der Waals surface area (Å²) in [5.74, 6) is -1.51. The van der Waals surface area contributed by atoms with Gasteiger partial charge in [0.05, 0.1) is 29.8 Å². The molecule has 0 spiro atoms. The summed E-state index contributed by atoms with van der Waals surface area (Å²) in [6.45, 7) is 2.06. The van der Waals surface area contributed by atoms with Gasteiger partial charge in [-0.05, 0) is 47.2 Å². The summed E-state index contributed by atoms with van der Waals surface area (Å²) in [6.07, 6.45) is 2.64. The molecule has 0 bridgehead atoms. The third-order valence-corrected chi connectivity index (χ3v) is 7.54. The minimum atomic E-state index is -3.30. The van der Waals surface area contributed by atoms with Crippen LogP contribution in [-0.4, -0.2) is 43.0 Å². The van der Waals surface area contributed by atoms with Gasteiger partial charge in [-0.2, -0.15) is 0 Å². The summed E-state index contributed by atoms with van der Waals surface area (Å²) in [5, 5.41) is 17.1. The number of sulfone groups is 1. The van der Waals surface area contributed by atoms with E-state index in [0.29, 0.717) is 5.56 Å². The number of aryl methyl sites for hydroxylation is 1. The van der Waals surface area contributed by atoms with Gasteiger partial charge in [-0.15, -0.1) is 0 Å². The van der Waals surface area contributed by atoms with E-state index < -0.39 is 39.7 Å². The molecule has 0 saturated heterocycles. The van der Waals surface area contributed by atoms with Gasteiger partial charge >= 0.3 is 0 Å². The van der Waals surface area contributed by atoms with Crippen molar-refractivity contribution in [3.05, 3.63) is 82.7 Å². The molecule has 34 heavy (non-hydrogen) atoms. The lowest BCUT2D eigenvalue weighted by Gasteiger charge is -2.30. The van der Waals surface area contributed by atoms with Crippen molar-refractivity contribution in [3.8, 4) is 0 Å². The SMILES string of the molecule is CCc1ccc2c(c1)C(NCC(O)C(Cc1cc(F)cc(F)c1)Nc1ncco1)CS(=O)(=O)C2. The standard InChI is InChI=1S/C24H27F2N3O4S/c1-2-15-3-4-17-13-34(31,32)14-22(20(17)9-15)28-12-23(30)21(29-24-27-5-6-33-24)10-16-7-18(25)11-19(26)8-16/h3-9,11,21-23,28,30H,2,10,12-14H2,1H3,(H,27,29). The quantitative estimate of drug-likeness (QED) is 0.422. The summed E-state index contributed by atoms with van der Waals surface area (Å²) < 4.78 is 57.5. The molecule has 1 aliphatic heterocycles. The average molecular weight is 492 g/mol. The van der Waals surface area contributed by atoms with Crippen molar-refractivity contribution in [3.63, 3.8) is 0 Å². The van der Waals surface area contributed by atoms with Crippen LogP contribution >= 0.6 is 0 Å². The first-order chi connectivity index (χ1) is 16.2. The van der Waals surface area contributed by atoms with Gasteiger partial charge in [-0.1, -0.05) is 25.1 Å². The molecule has 1 aliphatic rings. The van der Waals surface area contributed by atoms with Gasteiger partial charge in [0.1, 0.15) is 17.9 Å². The molecule has 3 unspecified atom stereocenters. The van der Waals surface area contributed by atoms with Crippen molar-refractivity contribution < 1.29 is 26.7 Å². The van der Waals surface area contributed by atoms with Crippen molar-refractivity contribution in [1.29, 1.82) is 0 Å². The second-order valence-corrected chi connectivity index (χ2v) is 10.6. The summed E-state index contributed by atoms with van der Waals surface area (Å²) in [5.41, 5.74) is 3.10. The summed E-state index contributed by atoms with van der Waals surface area (Å²) in [6, 6.07) is 7.92. The molecule has 10 heteroatoms. The molecular weight excluding hydrogens is 464 g/mol. The molecule has 4 rings (SSSR count). The molecule has 0 aliphatic carbocycles. The van der Waals surface area contributed by atoms with E-state index in [1.54, 1.807) is 0 Å². The molecule has 2 aromatic carbocycles. The van der Waals surface area contributed by atoms with Crippen LogP contribution in [0.25, 0.3) is 0 Å². The second kappa shape index (κ2) is 10.2. The van der Waals surface area contributed by atoms with Gasteiger partial charge in [0, 0.05) is 18.7 Å². The van der Waals surface area contributed by atoms with Crippen LogP contribution < -0.4 is 10.6 Å². The molecule has 0 fully saturated rings. The number of nitrogens with one attached hydrogen (secondary N) is 2. The van der Waals surface area contributed by atoms with Crippen LogP contribution in [0.5, 0.6) is 0 Å². The number of aliphatic hydroxyl groups is 1. The second-order valence-electron chi connectivity index (χ2n) is 8.54. The van der Waals surface area contributed by atoms with Crippen molar-refractivity contribution in [2.24, 2.45) is 0 Å². The maximum atomic E-state index is 13.7. The highest BCUT2D eigenvalue weighted by atomic mass is 32.2. The van der Waals surface area contributed by atoms with Crippen LogP contribution in [0.3, 0.4) is 0 Å².